The number of nitrogens with zero attached hydrogens (tertiary/aromatic N) is 4. The molecule has 3 N–H and O–H groups in total. The molecule has 1 fully saturated rings. The van der Waals surface area contributed by atoms with Crippen molar-refractivity contribution in [3.63, 3.8) is 0 Å². The first kappa shape index (κ1) is 21.4. The molecule has 2 aromatic heterocycles. The predicted molar refractivity (Wildman–Crippen MR) is 124 cm³/mol. The standard InChI is InChI=1S/C23H20F2N6OS/c1-12-28-20-18(33-12)6-5-16(21(20)31-10-8-13(26)11-31)30-23(32)17-7-9-27-22(29-17)19-14(24)3-2-4-15(19)25/h2-7,9,13H,8,10-11,26H2,1H3,(H,30,32)/t13-/m1/s1. The molecule has 10 heteroatoms. The van der Waals surface area contributed by atoms with E-state index < -0.39 is 17.5 Å². The zero-order chi connectivity index (χ0) is 23.1. The number of halogens is 2. The number of hydrogen-bond donors (Lipinski definition) is 2. The lowest BCUT2D eigenvalue weighted by Gasteiger charge is -2.22. The molecule has 2 aromatic carbocycles. The number of carbonyl (C=O) groups is 1. The van der Waals surface area contributed by atoms with Crippen LogP contribution in [0.1, 0.15) is 21.9 Å². The average Bonchev–Trinajstić information content (AvgIpc) is 3.38. The van der Waals surface area contributed by atoms with Crippen molar-refractivity contribution in [2.75, 3.05) is 23.3 Å². The number of amides is 1. The van der Waals surface area contributed by atoms with E-state index in [1.807, 2.05) is 19.1 Å². The van der Waals surface area contributed by atoms with Crippen LogP contribution in [0.3, 0.4) is 0 Å². The van der Waals surface area contributed by atoms with Gasteiger partial charge in [0, 0.05) is 25.3 Å². The van der Waals surface area contributed by atoms with Gasteiger partial charge in [0.25, 0.3) is 5.91 Å². The Morgan fingerprint density at radius 3 is 2.70 bits per heavy atom. The fourth-order valence-corrected chi connectivity index (χ4v) is 4.84. The molecule has 1 aliphatic heterocycles. The summed E-state index contributed by atoms with van der Waals surface area (Å²) in [5, 5.41) is 3.82. The summed E-state index contributed by atoms with van der Waals surface area (Å²) < 4.78 is 29.4. The number of thiazole rings is 1. The third kappa shape index (κ3) is 4.03. The topological polar surface area (TPSA) is 97.0 Å². The minimum atomic E-state index is -0.801. The van der Waals surface area contributed by atoms with E-state index in [1.165, 1.54) is 18.3 Å². The van der Waals surface area contributed by atoms with Gasteiger partial charge in [-0.2, -0.15) is 0 Å². The van der Waals surface area contributed by atoms with E-state index in [1.54, 1.807) is 11.3 Å². The second-order valence-electron chi connectivity index (χ2n) is 7.85. The highest BCUT2D eigenvalue weighted by Gasteiger charge is 2.26. The van der Waals surface area contributed by atoms with Crippen molar-refractivity contribution in [2.45, 2.75) is 19.4 Å². The molecule has 1 saturated heterocycles. The lowest BCUT2D eigenvalue weighted by atomic mass is 10.1. The summed E-state index contributed by atoms with van der Waals surface area (Å²) in [6.07, 6.45) is 2.15. The van der Waals surface area contributed by atoms with E-state index in [4.69, 9.17) is 5.73 Å². The Labute approximate surface area is 192 Å². The molecule has 1 amide bonds. The van der Waals surface area contributed by atoms with Crippen molar-refractivity contribution >= 4 is 38.8 Å². The molecule has 0 spiro atoms. The summed E-state index contributed by atoms with van der Waals surface area (Å²) in [5.74, 6) is -2.32. The van der Waals surface area contributed by atoms with Crippen LogP contribution >= 0.6 is 11.3 Å². The summed E-state index contributed by atoms with van der Waals surface area (Å²) in [4.78, 5) is 28.0. The summed E-state index contributed by atoms with van der Waals surface area (Å²) >= 11 is 1.58. The fourth-order valence-electron chi connectivity index (χ4n) is 4.01. The van der Waals surface area contributed by atoms with Crippen molar-refractivity contribution in [3.8, 4) is 11.4 Å². The van der Waals surface area contributed by atoms with Gasteiger partial charge in [0.15, 0.2) is 5.82 Å². The molecule has 4 aromatic rings. The van der Waals surface area contributed by atoms with Gasteiger partial charge in [-0.1, -0.05) is 6.07 Å². The zero-order valence-corrected chi connectivity index (χ0v) is 18.5. The number of hydrogen-bond acceptors (Lipinski definition) is 7. The average molecular weight is 467 g/mol. The molecule has 1 aliphatic rings. The number of benzene rings is 2. The van der Waals surface area contributed by atoms with Crippen molar-refractivity contribution in [1.82, 2.24) is 15.0 Å². The molecule has 0 bridgehead atoms. The van der Waals surface area contributed by atoms with Crippen LogP contribution in [0, 0.1) is 18.6 Å². The number of aryl methyl sites for hydroxylation is 1. The third-order valence-electron chi connectivity index (χ3n) is 5.50. The van der Waals surface area contributed by atoms with Gasteiger partial charge < -0.3 is 16.0 Å². The number of fused-ring (bicyclic) bond motifs is 1. The number of nitrogens with one attached hydrogen (secondary N) is 1. The summed E-state index contributed by atoms with van der Waals surface area (Å²) in [7, 11) is 0. The molecule has 0 saturated carbocycles. The molecule has 33 heavy (non-hydrogen) atoms. The SMILES string of the molecule is Cc1nc2c(N3CC[C@@H](N)C3)c(NC(=O)c3ccnc(-c4c(F)cccc4F)n3)ccc2s1. The van der Waals surface area contributed by atoms with Crippen LogP contribution in [0.4, 0.5) is 20.2 Å². The van der Waals surface area contributed by atoms with Gasteiger partial charge in [0.1, 0.15) is 22.8 Å². The van der Waals surface area contributed by atoms with Gasteiger partial charge in [-0.05, 0) is 43.7 Å². The van der Waals surface area contributed by atoms with E-state index in [9.17, 15) is 13.6 Å². The number of rotatable bonds is 4. The second kappa shape index (κ2) is 8.45. The van der Waals surface area contributed by atoms with Crippen LogP contribution in [0.5, 0.6) is 0 Å². The Morgan fingerprint density at radius 1 is 1.18 bits per heavy atom. The number of anilines is 2. The molecule has 5 rings (SSSR count). The van der Waals surface area contributed by atoms with Crippen LogP contribution in [0.2, 0.25) is 0 Å². The number of nitrogens with two attached hydrogens (primary N) is 1. The molecule has 1 atom stereocenters. The Kier molecular flexibility index (Phi) is 5.47. The Bertz CT molecular complexity index is 1350. The summed E-state index contributed by atoms with van der Waals surface area (Å²) in [6.45, 7) is 3.35. The zero-order valence-electron chi connectivity index (χ0n) is 17.7. The maximum Gasteiger partial charge on any atom is 0.274 e. The molecule has 7 nitrogen and oxygen atoms in total. The highest BCUT2D eigenvalue weighted by Crippen LogP contribution is 2.38. The van der Waals surface area contributed by atoms with E-state index in [0.29, 0.717) is 12.2 Å². The second-order valence-corrected chi connectivity index (χ2v) is 9.09. The van der Waals surface area contributed by atoms with Gasteiger partial charge in [-0.15, -0.1) is 11.3 Å². The monoisotopic (exact) mass is 466 g/mol. The number of aromatic nitrogens is 3. The minimum absolute atomic E-state index is 0.0127. The van der Waals surface area contributed by atoms with Gasteiger partial charge in [0.05, 0.1) is 26.6 Å². The highest BCUT2D eigenvalue weighted by molar-refractivity contribution is 7.18. The van der Waals surface area contributed by atoms with Gasteiger partial charge in [-0.25, -0.2) is 23.7 Å². The molecule has 0 aliphatic carbocycles. The van der Waals surface area contributed by atoms with Crippen LogP contribution in [0.25, 0.3) is 21.6 Å². The predicted octanol–water partition coefficient (Wildman–Crippen LogP) is 4.13. The summed E-state index contributed by atoms with van der Waals surface area (Å²) in [6, 6.07) is 8.68. The van der Waals surface area contributed by atoms with Crippen LogP contribution in [-0.4, -0.2) is 40.0 Å². The maximum absolute atomic E-state index is 14.2. The van der Waals surface area contributed by atoms with Gasteiger partial charge in [-0.3, -0.25) is 4.79 Å². The molecule has 0 radical (unpaired) electrons. The van der Waals surface area contributed by atoms with Crippen molar-refractivity contribution < 1.29 is 13.6 Å². The van der Waals surface area contributed by atoms with E-state index in [-0.39, 0.29) is 23.1 Å². The Balaban J connectivity index is 1.51. The largest absolute Gasteiger partial charge is 0.366 e. The van der Waals surface area contributed by atoms with Crippen LogP contribution in [0.15, 0.2) is 42.6 Å². The molecular weight excluding hydrogens is 446 g/mol. The van der Waals surface area contributed by atoms with E-state index in [0.717, 1.165) is 46.0 Å². The van der Waals surface area contributed by atoms with Gasteiger partial charge >= 0.3 is 0 Å². The molecule has 168 valence electrons. The minimum Gasteiger partial charge on any atom is -0.366 e. The van der Waals surface area contributed by atoms with Gasteiger partial charge in [0.2, 0.25) is 0 Å². The van der Waals surface area contributed by atoms with Crippen molar-refractivity contribution in [1.29, 1.82) is 0 Å². The first-order valence-electron chi connectivity index (χ1n) is 10.4. The number of carbonyl (C=O) groups excluding carboxylic acids is 1. The first-order chi connectivity index (χ1) is 15.9. The quantitative estimate of drug-likeness (QED) is 0.470. The molecular formula is C23H20F2N6OS. The highest BCUT2D eigenvalue weighted by atomic mass is 32.1. The maximum atomic E-state index is 14.2. The molecule has 3 heterocycles. The smallest absolute Gasteiger partial charge is 0.274 e. The van der Waals surface area contributed by atoms with Crippen molar-refractivity contribution in [2.24, 2.45) is 5.73 Å². The third-order valence-corrected chi connectivity index (χ3v) is 6.44. The Hall–Kier alpha value is -3.50. The normalized spacial score (nSPS) is 15.9. The van der Waals surface area contributed by atoms with Crippen LogP contribution < -0.4 is 16.0 Å². The van der Waals surface area contributed by atoms with E-state index in [2.05, 4.69) is 25.2 Å². The van der Waals surface area contributed by atoms with E-state index >= 15 is 0 Å². The lowest BCUT2D eigenvalue weighted by molar-refractivity contribution is 0.102. The Morgan fingerprint density at radius 2 is 1.97 bits per heavy atom. The van der Waals surface area contributed by atoms with Crippen LogP contribution in [-0.2, 0) is 0 Å². The fraction of sp³-hybridized carbons (Fsp3) is 0.217. The summed E-state index contributed by atoms with van der Waals surface area (Å²) in [5.41, 5.74) is 7.93. The molecule has 0 unspecified atom stereocenters. The first-order valence-corrected chi connectivity index (χ1v) is 11.2. The van der Waals surface area contributed by atoms with Crippen molar-refractivity contribution in [3.05, 3.63) is 64.9 Å². The lowest BCUT2D eigenvalue weighted by Crippen LogP contribution is -2.27.